The van der Waals surface area contributed by atoms with Crippen molar-refractivity contribution < 1.29 is 14.3 Å². The number of nitrogens with one attached hydrogen (secondary N) is 2. The van der Waals surface area contributed by atoms with Gasteiger partial charge in [0.25, 0.3) is 5.91 Å². The van der Waals surface area contributed by atoms with Crippen molar-refractivity contribution >= 4 is 47.1 Å². The van der Waals surface area contributed by atoms with E-state index in [0.29, 0.717) is 22.2 Å². The molecule has 8 heteroatoms. The molecule has 0 aromatic heterocycles. The fourth-order valence-electron chi connectivity index (χ4n) is 2.70. The first-order chi connectivity index (χ1) is 16.0. The lowest BCUT2D eigenvalue weighted by Gasteiger charge is -2.08. The largest absolute Gasteiger partial charge is 0.484 e. The molecule has 3 aromatic carbocycles. The van der Waals surface area contributed by atoms with Crippen LogP contribution in [0.2, 0.25) is 5.02 Å². The first kappa shape index (κ1) is 24.4. The normalized spacial score (nSPS) is 10.7. The molecule has 6 nitrogen and oxygen atoms in total. The molecule has 33 heavy (non-hydrogen) atoms. The molecule has 0 aliphatic heterocycles. The van der Waals surface area contributed by atoms with Crippen LogP contribution in [-0.2, 0) is 15.3 Å². The van der Waals surface area contributed by atoms with E-state index in [-0.39, 0.29) is 18.4 Å². The van der Waals surface area contributed by atoms with E-state index in [2.05, 4.69) is 40.1 Å². The van der Waals surface area contributed by atoms with Crippen molar-refractivity contribution in [1.82, 2.24) is 5.43 Å². The molecule has 3 aromatic rings. The number of rotatable bonds is 10. The summed E-state index contributed by atoms with van der Waals surface area (Å²) in [6, 6.07) is 22.3. The number of carbonyl (C=O) groups is 2. The second-order valence-corrected chi connectivity index (χ2v) is 8.55. The molecule has 0 bridgehead atoms. The third kappa shape index (κ3) is 8.63. The van der Waals surface area contributed by atoms with Crippen molar-refractivity contribution in [3.8, 4) is 5.75 Å². The number of amides is 2. The van der Waals surface area contributed by atoms with E-state index in [1.54, 1.807) is 54.7 Å². The quantitative estimate of drug-likeness (QED) is 0.313. The van der Waals surface area contributed by atoms with Crippen LogP contribution in [0, 0.1) is 6.92 Å². The predicted molar refractivity (Wildman–Crippen MR) is 135 cm³/mol. The Morgan fingerprint density at radius 2 is 1.73 bits per heavy atom. The lowest BCUT2D eigenvalue weighted by Crippen LogP contribution is -2.20. The first-order valence-corrected chi connectivity index (χ1v) is 11.8. The molecule has 3 rings (SSSR count). The van der Waals surface area contributed by atoms with Gasteiger partial charge in [-0.1, -0.05) is 53.6 Å². The second kappa shape index (κ2) is 12.7. The second-order valence-electron chi connectivity index (χ2n) is 7.16. The van der Waals surface area contributed by atoms with Crippen molar-refractivity contribution in [2.24, 2.45) is 5.10 Å². The van der Waals surface area contributed by atoms with Crippen molar-refractivity contribution in [3.63, 3.8) is 0 Å². The zero-order valence-corrected chi connectivity index (χ0v) is 19.7. The van der Waals surface area contributed by atoms with Crippen LogP contribution in [-0.4, -0.2) is 30.4 Å². The highest BCUT2D eigenvalue weighted by molar-refractivity contribution is 7.99. The fourth-order valence-corrected chi connectivity index (χ4v) is 3.67. The Hall–Kier alpha value is -3.29. The third-order valence-electron chi connectivity index (χ3n) is 4.42. The zero-order chi connectivity index (χ0) is 23.5. The number of hydrogen-bond donors (Lipinski definition) is 2. The monoisotopic (exact) mass is 481 g/mol. The Labute approximate surface area is 202 Å². The van der Waals surface area contributed by atoms with Gasteiger partial charge in [-0.3, -0.25) is 9.59 Å². The van der Waals surface area contributed by atoms with Gasteiger partial charge in [0.05, 0.1) is 22.7 Å². The topological polar surface area (TPSA) is 79.8 Å². The Morgan fingerprint density at radius 1 is 1.00 bits per heavy atom. The van der Waals surface area contributed by atoms with E-state index in [4.69, 9.17) is 16.3 Å². The fraction of sp³-hybridized carbons (Fsp3) is 0.160. The van der Waals surface area contributed by atoms with E-state index in [1.165, 1.54) is 22.9 Å². The van der Waals surface area contributed by atoms with E-state index >= 15 is 0 Å². The molecule has 0 aliphatic carbocycles. The maximum Gasteiger partial charge on any atom is 0.262 e. The van der Waals surface area contributed by atoms with Gasteiger partial charge in [0, 0.05) is 5.75 Å². The maximum atomic E-state index is 12.0. The minimum Gasteiger partial charge on any atom is -0.484 e. The first-order valence-electron chi connectivity index (χ1n) is 10.2. The van der Waals surface area contributed by atoms with Gasteiger partial charge < -0.3 is 10.1 Å². The summed E-state index contributed by atoms with van der Waals surface area (Å²) in [5.74, 6) is 1.17. The van der Waals surface area contributed by atoms with Gasteiger partial charge in [-0.2, -0.15) is 5.10 Å². The highest BCUT2D eigenvalue weighted by atomic mass is 35.5. The van der Waals surface area contributed by atoms with Crippen molar-refractivity contribution in [3.05, 3.63) is 94.5 Å². The summed E-state index contributed by atoms with van der Waals surface area (Å²) < 4.78 is 5.49. The summed E-state index contributed by atoms with van der Waals surface area (Å²) in [7, 11) is 0. The summed E-state index contributed by atoms with van der Waals surface area (Å²) in [4.78, 5) is 23.9. The van der Waals surface area contributed by atoms with E-state index in [1.807, 2.05) is 6.92 Å². The lowest BCUT2D eigenvalue weighted by molar-refractivity contribution is -0.119. The van der Waals surface area contributed by atoms with Crippen LogP contribution >= 0.6 is 23.4 Å². The molecule has 0 spiro atoms. The Balaban J connectivity index is 1.36. The number of anilines is 1. The molecule has 0 fully saturated rings. The number of carbonyl (C=O) groups excluding carboxylic acids is 2. The number of para-hydroxylation sites is 1. The number of nitrogens with zero attached hydrogens (tertiary/aromatic N) is 1. The number of ether oxygens (including phenoxy) is 1. The standard InChI is InChI=1S/C25H24ClN3O3S/c1-18-6-8-20(9-7-18)16-33-17-25(31)29-27-14-19-10-12-21(13-11-19)32-15-24(30)28-23-5-3-2-4-22(23)26/h2-14H,15-17H2,1H3,(H,28,30)(H,29,31)/b27-14-. The van der Waals surface area contributed by atoms with E-state index in [0.717, 1.165) is 11.3 Å². The number of benzene rings is 3. The third-order valence-corrected chi connectivity index (χ3v) is 5.76. The highest BCUT2D eigenvalue weighted by Gasteiger charge is 2.06. The summed E-state index contributed by atoms with van der Waals surface area (Å²) in [6.07, 6.45) is 1.55. The lowest BCUT2D eigenvalue weighted by atomic mass is 10.2. The van der Waals surface area contributed by atoms with Gasteiger partial charge in [0.1, 0.15) is 5.75 Å². The zero-order valence-electron chi connectivity index (χ0n) is 18.1. The molecule has 170 valence electrons. The minimum absolute atomic E-state index is 0.144. The SMILES string of the molecule is Cc1ccc(CSCC(=O)N/N=C\c2ccc(OCC(=O)Nc3ccccc3Cl)cc2)cc1. The Bertz CT molecular complexity index is 1100. The molecule has 0 radical (unpaired) electrons. The van der Waals surface area contributed by atoms with Crippen LogP contribution in [0.5, 0.6) is 5.75 Å². The number of thioether (sulfide) groups is 1. The molecule has 0 atom stereocenters. The molecule has 0 saturated carbocycles. The van der Waals surface area contributed by atoms with Crippen molar-refractivity contribution in [1.29, 1.82) is 0 Å². The molecule has 0 saturated heterocycles. The predicted octanol–water partition coefficient (Wildman–Crippen LogP) is 5.05. The molecule has 2 N–H and O–H groups in total. The minimum atomic E-state index is -0.309. The Kier molecular flexibility index (Phi) is 9.35. The molecule has 0 heterocycles. The maximum absolute atomic E-state index is 12.0. The van der Waals surface area contributed by atoms with Gasteiger partial charge in [0.2, 0.25) is 5.91 Å². The van der Waals surface area contributed by atoms with Gasteiger partial charge >= 0.3 is 0 Å². The van der Waals surface area contributed by atoms with Crippen LogP contribution in [0.1, 0.15) is 16.7 Å². The van der Waals surface area contributed by atoms with Crippen LogP contribution in [0.25, 0.3) is 0 Å². The summed E-state index contributed by atoms with van der Waals surface area (Å²) in [6.45, 7) is 1.90. The number of aryl methyl sites for hydroxylation is 1. The number of hydrogen-bond acceptors (Lipinski definition) is 5. The molecule has 0 aliphatic rings. The highest BCUT2D eigenvalue weighted by Crippen LogP contribution is 2.20. The average molecular weight is 482 g/mol. The van der Waals surface area contributed by atoms with E-state index < -0.39 is 0 Å². The molecular formula is C25H24ClN3O3S. The smallest absolute Gasteiger partial charge is 0.262 e. The van der Waals surface area contributed by atoms with Gasteiger partial charge in [-0.25, -0.2) is 5.43 Å². The molecule has 0 unspecified atom stereocenters. The van der Waals surface area contributed by atoms with Gasteiger partial charge in [-0.05, 0) is 54.4 Å². The molecular weight excluding hydrogens is 458 g/mol. The summed E-state index contributed by atoms with van der Waals surface area (Å²) in [5, 5.41) is 7.14. The van der Waals surface area contributed by atoms with Crippen LogP contribution < -0.4 is 15.5 Å². The molecule has 2 amide bonds. The average Bonchev–Trinajstić information content (AvgIpc) is 2.81. The summed E-state index contributed by atoms with van der Waals surface area (Å²) >= 11 is 7.56. The summed E-state index contributed by atoms with van der Waals surface area (Å²) in [5.41, 5.74) is 6.25. The van der Waals surface area contributed by atoms with Gasteiger partial charge in [0.15, 0.2) is 6.61 Å². The van der Waals surface area contributed by atoms with Crippen LogP contribution in [0.15, 0.2) is 77.9 Å². The van der Waals surface area contributed by atoms with Gasteiger partial charge in [-0.15, -0.1) is 11.8 Å². The van der Waals surface area contributed by atoms with Crippen molar-refractivity contribution in [2.75, 3.05) is 17.7 Å². The number of halogens is 1. The van der Waals surface area contributed by atoms with Crippen LogP contribution in [0.3, 0.4) is 0 Å². The van der Waals surface area contributed by atoms with E-state index in [9.17, 15) is 9.59 Å². The Morgan fingerprint density at radius 3 is 2.45 bits per heavy atom. The number of hydrazone groups is 1. The van der Waals surface area contributed by atoms with Crippen molar-refractivity contribution in [2.45, 2.75) is 12.7 Å². The van der Waals surface area contributed by atoms with Crippen LogP contribution in [0.4, 0.5) is 5.69 Å².